The number of piperidine rings is 1. The molecule has 1 aliphatic heterocycles. The van der Waals surface area contributed by atoms with Gasteiger partial charge in [-0.15, -0.1) is 0 Å². The van der Waals surface area contributed by atoms with Gasteiger partial charge in [-0.1, -0.05) is 12.1 Å². The zero-order chi connectivity index (χ0) is 26.5. The highest BCUT2D eigenvalue weighted by molar-refractivity contribution is 5.93. The van der Waals surface area contributed by atoms with Crippen LogP contribution in [0.4, 0.5) is 22.0 Å². The molecule has 7 nitrogen and oxygen atoms in total. The van der Waals surface area contributed by atoms with Crippen LogP contribution in [0.1, 0.15) is 29.0 Å². The summed E-state index contributed by atoms with van der Waals surface area (Å²) >= 11 is 0. The van der Waals surface area contributed by atoms with Crippen molar-refractivity contribution in [2.75, 3.05) is 13.1 Å². The molecule has 36 heavy (non-hydrogen) atoms. The van der Waals surface area contributed by atoms with Gasteiger partial charge in [0.05, 0.1) is 5.39 Å². The highest BCUT2D eigenvalue weighted by Crippen LogP contribution is 2.17. The third kappa shape index (κ3) is 7.35. The molecule has 0 radical (unpaired) electrons. The highest BCUT2D eigenvalue weighted by Gasteiger charge is 2.38. The van der Waals surface area contributed by atoms with Crippen LogP contribution < -0.4 is 10.7 Å². The Morgan fingerprint density at radius 3 is 2.17 bits per heavy atom. The molecular formula is C24H21F5N2O5. The third-order valence-corrected chi connectivity index (χ3v) is 5.40. The van der Waals surface area contributed by atoms with Crippen LogP contribution in [0.3, 0.4) is 0 Å². The lowest BCUT2D eigenvalue weighted by Crippen LogP contribution is -2.44. The lowest BCUT2D eigenvalue weighted by Gasteiger charge is -2.32. The number of alkyl halides is 3. The van der Waals surface area contributed by atoms with Crippen molar-refractivity contribution in [1.29, 1.82) is 0 Å². The van der Waals surface area contributed by atoms with Gasteiger partial charge in [-0.25, -0.2) is 13.6 Å². The third-order valence-electron chi connectivity index (χ3n) is 5.40. The number of likely N-dealkylation sites (tertiary alicyclic amines) is 1. The molecule has 1 amide bonds. The van der Waals surface area contributed by atoms with Gasteiger partial charge in [0.1, 0.15) is 17.2 Å². The van der Waals surface area contributed by atoms with Crippen LogP contribution in [-0.2, 0) is 11.3 Å². The van der Waals surface area contributed by atoms with Gasteiger partial charge in [0.25, 0.3) is 5.91 Å². The van der Waals surface area contributed by atoms with Gasteiger partial charge in [0.2, 0.25) is 0 Å². The van der Waals surface area contributed by atoms with Gasteiger partial charge in [0.15, 0.2) is 11.2 Å². The lowest BCUT2D eigenvalue weighted by atomic mass is 10.0. The van der Waals surface area contributed by atoms with E-state index in [2.05, 4.69) is 10.2 Å². The van der Waals surface area contributed by atoms with Gasteiger partial charge in [-0.3, -0.25) is 14.5 Å². The van der Waals surface area contributed by atoms with Crippen molar-refractivity contribution in [3.05, 3.63) is 81.7 Å². The quantitative estimate of drug-likeness (QED) is 0.511. The van der Waals surface area contributed by atoms with E-state index in [1.54, 1.807) is 12.1 Å². The number of carboxylic acid groups (broad SMARTS) is 1. The van der Waals surface area contributed by atoms with E-state index in [0.717, 1.165) is 50.2 Å². The summed E-state index contributed by atoms with van der Waals surface area (Å²) in [6.45, 7) is 2.30. The van der Waals surface area contributed by atoms with Crippen molar-refractivity contribution >= 4 is 22.8 Å². The maximum Gasteiger partial charge on any atom is 0.490 e. The Balaban J connectivity index is 0.000000454. The molecule has 0 bridgehead atoms. The minimum absolute atomic E-state index is 0.0412. The Bertz CT molecular complexity index is 1280. The highest BCUT2D eigenvalue weighted by atomic mass is 19.4. The first-order valence-electron chi connectivity index (χ1n) is 10.7. The Morgan fingerprint density at radius 1 is 1.00 bits per heavy atom. The second-order valence-electron chi connectivity index (χ2n) is 8.07. The number of halogens is 5. The number of nitrogens with one attached hydrogen (secondary N) is 1. The van der Waals surface area contributed by atoms with E-state index in [-0.39, 0.29) is 34.0 Å². The van der Waals surface area contributed by atoms with E-state index in [4.69, 9.17) is 14.3 Å². The molecule has 1 saturated heterocycles. The maximum absolute atomic E-state index is 13.4. The second kappa shape index (κ2) is 11.3. The lowest BCUT2D eigenvalue weighted by molar-refractivity contribution is -0.192. The van der Waals surface area contributed by atoms with Crippen molar-refractivity contribution in [1.82, 2.24) is 10.2 Å². The molecule has 192 valence electrons. The molecule has 0 unspecified atom stereocenters. The fraction of sp³-hybridized carbons (Fsp3) is 0.292. The van der Waals surface area contributed by atoms with Gasteiger partial charge < -0.3 is 14.8 Å². The number of carbonyl (C=O) groups is 2. The van der Waals surface area contributed by atoms with Gasteiger partial charge in [-0.05, 0) is 42.7 Å². The number of aliphatic carboxylic acids is 1. The topological polar surface area (TPSA) is 99.9 Å². The first-order valence-corrected chi connectivity index (χ1v) is 10.7. The second-order valence-corrected chi connectivity index (χ2v) is 8.07. The van der Waals surface area contributed by atoms with Crippen LogP contribution in [-0.4, -0.2) is 47.2 Å². The van der Waals surface area contributed by atoms with Gasteiger partial charge >= 0.3 is 12.1 Å². The summed E-state index contributed by atoms with van der Waals surface area (Å²) in [5.74, 6) is -4.15. The van der Waals surface area contributed by atoms with Crippen molar-refractivity contribution in [3.63, 3.8) is 0 Å². The first-order chi connectivity index (χ1) is 16.9. The normalized spacial score (nSPS) is 14.7. The molecule has 0 atom stereocenters. The number of carboxylic acids is 1. The molecule has 1 fully saturated rings. The predicted molar refractivity (Wildman–Crippen MR) is 118 cm³/mol. The zero-order valence-electron chi connectivity index (χ0n) is 18.6. The Hall–Kier alpha value is -3.80. The van der Waals surface area contributed by atoms with Crippen molar-refractivity contribution in [2.24, 2.45) is 0 Å². The van der Waals surface area contributed by atoms with Crippen molar-refractivity contribution < 1.29 is 41.1 Å². The predicted octanol–water partition coefficient (Wildman–Crippen LogP) is 4.10. The summed E-state index contributed by atoms with van der Waals surface area (Å²) in [5.41, 5.74) is 0.710. The Morgan fingerprint density at radius 2 is 1.58 bits per heavy atom. The smallest absolute Gasteiger partial charge is 0.475 e. The van der Waals surface area contributed by atoms with Crippen LogP contribution in [0.5, 0.6) is 0 Å². The fourth-order valence-corrected chi connectivity index (χ4v) is 3.58. The number of nitrogens with zero attached hydrogens (tertiary/aromatic N) is 1. The molecule has 4 rings (SSSR count). The molecule has 3 aromatic rings. The molecule has 1 aromatic heterocycles. The fourth-order valence-electron chi connectivity index (χ4n) is 3.58. The number of amides is 1. The molecular weight excluding hydrogens is 491 g/mol. The zero-order valence-corrected chi connectivity index (χ0v) is 18.6. The van der Waals surface area contributed by atoms with Gasteiger partial charge in [0, 0.05) is 37.8 Å². The van der Waals surface area contributed by atoms with Crippen molar-refractivity contribution in [2.45, 2.75) is 31.6 Å². The summed E-state index contributed by atoms with van der Waals surface area (Å²) in [6, 6.07) is 11.2. The molecule has 2 heterocycles. The molecule has 0 aliphatic carbocycles. The number of rotatable bonds is 4. The SMILES string of the molecule is O=C(NC1CCN(Cc2ccc(F)cc2)CC1)c1cc(=O)c2ccc(F)cc2o1.O=C(O)C(F)(F)F. The minimum atomic E-state index is -5.08. The van der Waals surface area contributed by atoms with E-state index < -0.39 is 23.9 Å². The Kier molecular flexibility index (Phi) is 8.41. The van der Waals surface area contributed by atoms with Crippen LogP contribution in [0.15, 0.2) is 57.7 Å². The molecule has 0 spiro atoms. The van der Waals surface area contributed by atoms with Crippen LogP contribution in [0.25, 0.3) is 11.0 Å². The molecule has 2 N–H and O–H groups in total. The number of hydrogen-bond acceptors (Lipinski definition) is 5. The summed E-state index contributed by atoms with van der Waals surface area (Å²) in [4.78, 5) is 35.8. The summed E-state index contributed by atoms with van der Waals surface area (Å²) in [5, 5.41) is 10.3. The number of carbonyl (C=O) groups excluding carboxylic acids is 1. The Labute approximate surface area is 201 Å². The maximum atomic E-state index is 13.4. The largest absolute Gasteiger partial charge is 0.490 e. The van der Waals surface area contributed by atoms with E-state index in [0.29, 0.717) is 0 Å². The average molecular weight is 512 g/mol. The molecule has 0 saturated carbocycles. The van der Waals surface area contributed by atoms with E-state index >= 15 is 0 Å². The summed E-state index contributed by atoms with van der Waals surface area (Å²) in [7, 11) is 0. The standard InChI is InChI=1S/C22H20F2N2O3.C2HF3O2/c23-15-3-1-14(2-4-15)13-26-9-7-17(8-10-26)25-22(28)21-12-19(27)18-6-5-16(24)11-20(18)29-21;3-2(4,5)1(6)7/h1-6,11-12,17H,7-10,13H2,(H,25,28);(H,6,7). The minimum Gasteiger partial charge on any atom is -0.475 e. The van der Waals surface area contributed by atoms with E-state index in [1.807, 2.05) is 0 Å². The molecule has 2 aromatic carbocycles. The average Bonchev–Trinajstić information content (AvgIpc) is 2.81. The van der Waals surface area contributed by atoms with Crippen LogP contribution in [0, 0.1) is 11.6 Å². The number of fused-ring (bicyclic) bond motifs is 1. The van der Waals surface area contributed by atoms with Gasteiger partial charge in [-0.2, -0.15) is 13.2 Å². The van der Waals surface area contributed by atoms with Crippen LogP contribution in [0.2, 0.25) is 0 Å². The monoisotopic (exact) mass is 512 g/mol. The molecule has 1 aliphatic rings. The number of hydrogen-bond donors (Lipinski definition) is 2. The summed E-state index contributed by atoms with van der Waals surface area (Å²) in [6.07, 6.45) is -3.58. The van der Waals surface area contributed by atoms with Crippen LogP contribution >= 0.6 is 0 Å². The number of benzene rings is 2. The summed E-state index contributed by atoms with van der Waals surface area (Å²) < 4.78 is 63.6. The first kappa shape index (κ1) is 26.8. The van der Waals surface area contributed by atoms with Crippen molar-refractivity contribution in [3.8, 4) is 0 Å². The van der Waals surface area contributed by atoms with E-state index in [9.17, 15) is 31.5 Å². The molecule has 12 heteroatoms. The van der Waals surface area contributed by atoms with E-state index in [1.165, 1.54) is 24.3 Å².